The van der Waals surface area contributed by atoms with Gasteiger partial charge in [-0.1, -0.05) is 26.3 Å². The molecule has 0 N–H and O–H groups in total. The highest BCUT2D eigenvalue weighted by atomic mass is 35.5. The highest BCUT2D eigenvalue weighted by molar-refractivity contribution is 5.85. The van der Waals surface area contributed by atoms with Gasteiger partial charge in [-0.3, -0.25) is 0 Å². The van der Waals surface area contributed by atoms with Crippen LogP contribution in [-0.2, 0) is 9.53 Å². The minimum absolute atomic E-state index is 0. The van der Waals surface area contributed by atoms with Gasteiger partial charge in [0, 0.05) is 6.08 Å². The van der Waals surface area contributed by atoms with E-state index in [9.17, 15) is 4.79 Å². The van der Waals surface area contributed by atoms with E-state index in [1.165, 1.54) is 6.08 Å². The van der Waals surface area contributed by atoms with Crippen molar-refractivity contribution in [2.24, 2.45) is 0 Å². The van der Waals surface area contributed by atoms with Gasteiger partial charge in [-0.15, -0.1) is 12.4 Å². The molecule has 0 aliphatic carbocycles. The summed E-state index contributed by atoms with van der Waals surface area (Å²) in [6, 6.07) is 0. The van der Waals surface area contributed by atoms with Crippen molar-refractivity contribution >= 4 is 18.4 Å². The Bertz CT molecular complexity index is 113. The molecule has 0 bridgehead atoms. The van der Waals surface area contributed by atoms with Crippen molar-refractivity contribution < 1.29 is 9.53 Å². The maximum Gasteiger partial charge on any atom is 0.330 e. The number of halogens is 1. The normalized spacial score (nSPS) is 8.09. The van der Waals surface area contributed by atoms with Crippen molar-refractivity contribution in [3.8, 4) is 0 Å². The number of hydrogen-bond acceptors (Lipinski definition) is 2. The molecule has 0 fully saturated rings. The van der Waals surface area contributed by atoms with E-state index in [1.54, 1.807) is 0 Å². The van der Waals surface area contributed by atoms with Gasteiger partial charge in [0.15, 0.2) is 0 Å². The Hall–Kier alpha value is -0.500. The van der Waals surface area contributed by atoms with E-state index >= 15 is 0 Å². The molecule has 11 heavy (non-hydrogen) atoms. The van der Waals surface area contributed by atoms with Crippen LogP contribution in [0.25, 0.3) is 0 Å². The minimum atomic E-state index is -0.323. The molecule has 0 aliphatic heterocycles. The molecular formula is C8H15ClO2. The Kier molecular flexibility index (Phi) is 11.3. The third-order valence-electron chi connectivity index (χ3n) is 1.16. The summed E-state index contributed by atoms with van der Waals surface area (Å²) >= 11 is 0. The van der Waals surface area contributed by atoms with E-state index in [0.717, 1.165) is 19.3 Å². The second kappa shape index (κ2) is 9.50. The number of unbranched alkanes of at least 4 members (excludes halogenated alkanes) is 2. The van der Waals surface area contributed by atoms with Crippen LogP contribution in [0.5, 0.6) is 0 Å². The summed E-state index contributed by atoms with van der Waals surface area (Å²) in [7, 11) is 0. The molecule has 0 aliphatic rings. The van der Waals surface area contributed by atoms with Gasteiger partial charge >= 0.3 is 5.97 Å². The molecule has 0 radical (unpaired) electrons. The van der Waals surface area contributed by atoms with Crippen LogP contribution in [0, 0.1) is 0 Å². The first-order chi connectivity index (χ1) is 4.81. The number of esters is 1. The molecule has 0 rings (SSSR count). The second-order valence-corrected chi connectivity index (χ2v) is 2.08. The molecule has 0 aromatic heterocycles. The van der Waals surface area contributed by atoms with Crippen LogP contribution in [-0.4, -0.2) is 12.6 Å². The molecule has 66 valence electrons. The van der Waals surface area contributed by atoms with Crippen LogP contribution in [0.4, 0.5) is 0 Å². The van der Waals surface area contributed by atoms with Crippen molar-refractivity contribution in [3.63, 3.8) is 0 Å². The lowest BCUT2D eigenvalue weighted by Gasteiger charge is -1.98. The van der Waals surface area contributed by atoms with Crippen LogP contribution >= 0.6 is 12.4 Å². The molecule has 0 amide bonds. The van der Waals surface area contributed by atoms with Crippen molar-refractivity contribution in [3.05, 3.63) is 12.7 Å². The summed E-state index contributed by atoms with van der Waals surface area (Å²) in [5.41, 5.74) is 0. The van der Waals surface area contributed by atoms with Gasteiger partial charge < -0.3 is 4.74 Å². The van der Waals surface area contributed by atoms with E-state index < -0.39 is 0 Å². The van der Waals surface area contributed by atoms with Gasteiger partial charge in [0.2, 0.25) is 0 Å². The van der Waals surface area contributed by atoms with E-state index in [-0.39, 0.29) is 18.4 Å². The zero-order chi connectivity index (χ0) is 7.82. The van der Waals surface area contributed by atoms with Crippen LogP contribution in [0.2, 0.25) is 0 Å². The number of rotatable bonds is 5. The van der Waals surface area contributed by atoms with Gasteiger partial charge in [0.1, 0.15) is 0 Å². The van der Waals surface area contributed by atoms with E-state index in [4.69, 9.17) is 4.74 Å². The smallest absolute Gasteiger partial charge is 0.330 e. The Morgan fingerprint density at radius 2 is 2.18 bits per heavy atom. The van der Waals surface area contributed by atoms with Crippen LogP contribution < -0.4 is 0 Å². The zero-order valence-corrected chi connectivity index (χ0v) is 7.65. The van der Waals surface area contributed by atoms with Crippen molar-refractivity contribution in [2.75, 3.05) is 6.61 Å². The maximum absolute atomic E-state index is 10.4. The standard InChI is InChI=1S/C8H14O2.ClH/c1-3-5-6-7-10-8(9)4-2;/h4H,2-3,5-7H2,1H3;1H. The predicted molar refractivity (Wildman–Crippen MR) is 47.9 cm³/mol. The predicted octanol–water partition coefficient (Wildman–Crippen LogP) is 2.33. The SMILES string of the molecule is C=CC(=O)OCCCCC.Cl. The fraction of sp³-hybridized carbons (Fsp3) is 0.625. The summed E-state index contributed by atoms with van der Waals surface area (Å²) in [4.78, 5) is 10.4. The average molecular weight is 179 g/mol. The maximum atomic E-state index is 10.4. The molecule has 0 unspecified atom stereocenters. The average Bonchev–Trinajstić information content (AvgIpc) is 1.98. The number of ether oxygens (including phenoxy) is 1. The van der Waals surface area contributed by atoms with Crippen LogP contribution in [0.1, 0.15) is 26.2 Å². The number of carbonyl (C=O) groups excluding carboxylic acids is 1. The van der Waals surface area contributed by atoms with Crippen LogP contribution in [0.15, 0.2) is 12.7 Å². The van der Waals surface area contributed by atoms with Crippen molar-refractivity contribution in [2.45, 2.75) is 26.2 Å². The molecule has 0 aromatic rings. The quantitative estimate of drug-likeness (QED) is 0.367. The first kappa shape index (κ1) is 13.1. The molecule has 0 aromatic carbocycles. The van der Waals surface area contributed by atoms with Crippen LogP contribution in [0.3, 0.4) is 0 Å². The first-order valence-corrected chi connectivity index (χ1v) is 3.60. The molecular weight excluding hydrogens is 164 g/mol. The third-order valence-corrected chi connectivity index (χ3v) is 1.16. The minimum Gasteiger partial charge on any atom is -0.463 e. The molecule has 0 saturated heterocycles. The first-order valence-electron chi connectivity index (χ1n) is 3.60. The molecule has 0 heterocycles. The van der Waals surface area contributed by atoms with Gasteiger partial charge in [-0.05, 0) is 6.42 Å². The fourth-order valence-electron chi connectivity index (χ4n) is 0.584. The lowest BCUT2D eigenvalue weighted by Crippen LogP contribution is -2.01. The highest BCUT2D eigenvalue weighted by Gasteiger charge is 1.92. The summed E-state index contributed by atoms with van der Waals surface area (Å²) < 4.78 is 4.74. The van der Waals surface area contributed by atoms with Gasteiger partial charge in [-0.2, -0.15) is 0 Å². The Balaban J connectivity index is 0. The summed E-state index contributed by atoms with van der Waals surface area (Å²) in [6.07, 6.45) is 4.40. The fourth-order valence-corrected chi connectivity index (χ4v) is 0.584. The number of carbonyl (C=O) groups is 1. The third kappa shape index (κ3) is 9.50. The lowest BCUT2D eigenvalue weighted by molar-refractivity contribution is -0.137. The number of hydrogen-bond donors (Lipinski definition) is 0. The largest absolute Gasteiger partial charge is 0.463 e. The molecule has 0 atom stereocenters. The molecule has 0 saturated carbocycles. The molecule has 2 nitrogen and oxygen atoms in total. The topological polar surface area (TPSA) is 26.3 Å². The van der Waals surface area contributed by atoms with E-state index in [2.05, 4.69) is 13.5 Å². The molecule has 3 heteroatoms. The Morgan fingerprint density at radius 1 is 1.55 bits per heavy atom. The lowest BCUT2D eigenvalue weighted by atomic mass is 10.3. The highest BCUT2D eigenvalue weighted by Crippen LogP contribution is 1.94. The van der Waals surface area contributed by atoms with E-state index in [1.807, 2.05) is 0 Å². The summed E-state index contributed by atoms with van der Waals surface area (Å²) in [6.45, 7) is 5.92. The molecule has 0 spiro atoms. The Labute approximate surface area is 74.0 Å². The van der Waals surface area contributed by atoms with Gasteiger partial charge in [-0.25, -0.2) is 4.79 Å². The second-order valence-electron chi connectivity index (χ2n) is 2.08. The van der Waals surface area contributed by atoms with Gasteiger partial charge in [0.05, 0.1) is 6.61 Å². The van der Waals surface area contributed by atoms with Gasteiger partial charge in [0.25, 0.3) is 0 Å². The van der Waals surface area contributed by atoms with E-state index in [0.29, 0.717) is 6.61 Å². The van der Waals surface area contributed by atoms with Crippen molar-refractivity contribution in [1.82, 2.24) is 0 Å². The van der Waals surface area contributed by atoms with Crippen molar-refractivity contribution in [1.29, 1.82) is 0 Å². The summed E-state index contributed by atoms with van der Waals surface area (Å²) in [5.74, 6) is -0.323. The summed E-state index contributed by atoms with van der Waals surface area (Å²) in [5, 5.41) is 0. The Morgan fingerprint density at radius 3 is 2.64 bits per heavy atom. The zero-order valence-electron chi connectivity index (χ0n) is 6.84. The monoisotopic (exact) mass is 178 g/mol.